The average Bonchev–Trinajstić information content (AvgIpc) is 2.51. The van der Waals surface area contributed by atoms with Crippen LogP contribution in [0.4, 0.5) is 5.69 Å². The Balaban J connectivity index is 0.00000288. The molecule has 24 heavy (non-hydrogen) atoms. The summed E-state index contributed by atoms with van der Waals surface area (Å²) in [7, 11) is -2.15. The number of hydrogen-bond acceptors (Lipinski definition) is 4. The van der Waals surface area contributed by atoms with Crippen molar-refractivity contribution in [1.82, 2.24) is 4.72 Å². The van der Waals surface area contributed by atoms with Crippen LogP contribution in [-0.4, -0.2) is 22.1 Å². The van der Waals surface area contributed by atoms with Gasteiger partial charge in [0.2, 0.25) is 10.0 Å². The van der Waals surface area contributed by atoms with Gasteiger partial charge in [-0.1, -0.05) is 23.7 Å². The lowest BCUT2D eigenvalue weighted by molar-refractivity contribution is 0.414. The van der Waals surface area contributed by atoms with Crippen LogP contribution in [0.1, 0.15) is 11.1 Å². The van der Waals surface area contributed by atoms with Crippen molar-refractivity contribution in [2.24, 2.45) is 0 Å². The van der Waals surface area contributed by atoms with E-state index in [1.54, 1.807) is 25.1 Å². The Labute approximate surface area is 153 Å². The van der Waals surface area contributed by atoms with Gasteiger partial charge < -0.3 is 10.5 Å². The first-order valence-electron chi connectivity index (χ1n) is 7.01. The minimum Gasteiger partial charge on any atom is -0.495 e. The quantitative estimate of drug-likeness (QED) is 0.741. The van der Waals surface area contributed by atoms with Gasteiger partial charge >= 0.3 is 0 Å². The van der Waals surface area contributed by atoms with E-state index in [1.807, 2.05) is 12.1 Å². The largest absolute Gasteiger partial charge is 0.495 e. The number of nitrogen functional groups attached to an aromatic ring is 1. The minimum atomic E-state index is -3.63. The molecule has 0 radical (unpaired) electrons. The lowest BCUT2D eigenvalue weighted by Gasteiger charge is -2.12. The molecule has 0 aliphatic carbocycles. The third kappa shape index (κ3) is 5.01. The molecule has 0 saturated heterocycles. The highest BCUT2D eigenvalue weighted by atomic mass is 35.5. The highest BCUT2D eigenvalue weighted by Crippen LogP contribution is 2.30. The Morgan fingerprint density at radius 3 is 2.42 bits per heavy atom. The van der Waals surface area contributed by atoms with Gasteiger partial charge in [0.05, 0.1) is 17.0 Å². The predicted octanol–water partition coefficient (Wildman–Crippen LogP) is 3.18. The third-order valence-electron chi connectivity index (χ3n) is 3.42. The summed E-state index contributed by atoms with van der Waals surface area (Å²) in [5.74, 6) is 0.449. The van der Waals surface area contributed by atoms with Gasteiger partial charge in [-0.15, -0.1) is 12.4 Å². The number of anilines is 1. The second kappa shape index (κ2) is 8.58. The highest BCUT2D eigenvalue weighted by Gasteiger charge is 2.18. The zero-order valence-corrected chi connectivity index (χ0v) is 15.8. The normalized spacial score (nSPS) is 11.0. The lowest BCUT2D eigenvalue weighted by Crippen LogP contribution is -2.26. The molecule has 3 N–H and O–H groups in total. The maximum absolute atomic E-state index is 12.4. The average molecular weight is 391 g/mol. The van der Waals surface area contributed by atoms with E-state index in [9.17, 15) is 8.42 Å². The number of sulfonamides is 1. The zero-order valence-electron chi connectivity index (χ0n) is 13.4. The Hall–Kier alpha value is -1.47. The summed E-state index contributed by atoms with van der Waals surface area (Å²) in [4.78, 5) is 0.153. The summed E-state index contributed by atoms with van der Waals surface area (Å²) in [6.45, 7) is 1.99. The van der Waals surface area contributed by atoms with Gasteiger partial charge in [-0.25, -0.2) is 13.1 Å². The zero-order chi connectivity index (χ0) is 17.0. The molecule has 0 heterocycles. The Morgan fingerprint density at radius 2 is 1.83 bits per heavy atom. The summed E-state index contributed by atoms with van der Waals surface area (Å²) in [6.07, 6.45) is 0.572. The van der Waals surface area contributed by atoms with Crippen LogP contribution in [0.5, 0.6) is 5.75 Å². The van der Waals surface area contributed by atoms with Crippen molar-refractivity contribution in [1.29, 1.82) is 0 Å². The van der Waals surface area contributed by atoms with Crippen molar-refractivity contribution in [3.05, 3.63) is 52.5 Å². The van der Waals surface area contributed by atoms with Crippen molar-refractivity contribution in [3.63, 3.8) is 0 Å². The molecular weight excluding hydrogens is 371 g/mol. The van der Waals surface area contributed by atoms with E-state index in [0.29, 0.717) is 23.4 Å². The number of nitrogens with two attached hydrogens (primary N) is 1. The van der Waals surface area contributed by atoms with Crippen LogP contribution < -0.4 is 15.2 Å². The summed E-state index contributed by atoms with van der Waals surface area (Å²) in [6, 6.07) is 10.3. The van der Waals surface area contributed by atoms with Gasteiger partial charge in [0.1, 0.15) is 5.75 Å². The summed E-state index contributed by atoms with van der Waals surface area (Å²) >= 11 is 6.02. The first-order chi connectivity index (χ1) is 10.8. The molecule has 0 bridgehead atoms. The fraction of sp³-hybridized carbons (Fsp3) is 0.250. The molecule has 2 rings (SSSR count). The van der Waals surface area contributed by atoms with Crippen LogP contribution in [0.15, 0.2) is 41.3 Å². The maximum Gasteiger partial charge on any atom is 0.240 e. The molecule has 5 nitrogen and oxygen atoms in total. The first-order valence-corrected chi connectivity index (χ1v) is 8.88. The standard InChI is InChI=1S/C16H19ClN2O3S.ClH/c1-11-9-15(22-2)14(17)10-16(11)23(20,21)19-8-7-12-3-5-13(18)6-4-12;/h3-6,9-10,19H,7-8,18H2,1-2H3;1H. The molecule has 0 unspecified atom stereocenters. The highest BCUT2D eigenvalue weighted by molar-refractivity contribution is 7.89. The molecular formula is C16H20Cl2N2O3S. The molecule has 0 amide bonds. The number of rotatable bonds is 6. The molecule has 0 spiro atoms. The van der Waals surface area contributed by atoms with Crippen LogP contribution in [0.25, 0.3) is 0 Å². The monoisotopic (exact) mass is 390 g/mol. The lowest BCUT2D eigenvalue weighted by atomic mass is 10.1. The molecule has 0 aliphatic rings. The van der Waals surface area contributed by atoms with Crippen molar-refractivity contribution in [2.75, 3.05) is 19.4 Å². The summed E-state index contributed by atoms with van der Waals surface area (Å²) in [5, 5.41) is 0.261. The molecule has 8 heteroatoms. The molecule has 132 valence electrons. The van der Waals surface area contributed by atoms with Crippen LogP contribution >= 0.6 is 24.0 Å². The molecule has 0 fully saturated rings. The van der Waals surface area contributed by atoms with Crippen LogP contribution in [0.2, 0.25) is 5.02 Å². The number of hydrogen-bond donors (Lipinski definition) is 2. The Kier molecular flexibility index (Phi) is 7.35. The molecule has 0 saturated carbocycles. The van der Waals surface area contributed by atoms with Gasteiger partial charge in [0.15, 0.2) is 0 Å². The van der Waals surface area contributed by atoms with E-state index in [0.717, 1.165) is 5.56 Å². The van der Waals surface area contributed by atoms with E-state index in [1.165, 1.54) is 13.2 Å². The summed E-state index contributed by atoms with van der Waals surface area (Å²) in [5.41, 5.74) is 7.88. The van der Waals surface area contributed by atoms with Gasteiger partial charge in [-0.3, -0.25) is 0 Å². The van der Waals surface area contributed by atoms with Crippen LogP contribution in [0.3, 0.4) is 0 Å². The topological polar surface area (TPSA) is 81.4 Å². The first kappa shape index (κ1) is 20.6. The fourth-order valence-electron chi connectivity index (χ4n) is 2.17. The van der Waals surface area contributed by atoms with Crippen molar-refractivity contribution in [2.45, 2.75) is 18.2 Å². The third-order valence-corrected chi connectivity index (χ3v) is 5.32. The van der Waals surface area contributed by atoms with Crippen LogP contribution in [0, 0.1) is 6.92 Å². The second-order valence-corrected chi connectivity index (χ2v) is 7.28. The van der Waals surface area contributed by atoms with Crippen molar-refractivity contribution in [3.8, 4) is 5.75 Å². The second-order valence-electron chi connectivity index (χ2n) is 5.14. The Morgan fingerprint density at radius 1 is 1.21 bits per heavy atom. The fourth-order valence-corrected chi connectivity index (χ4v) is 3.76. The van der Waals surface area contributed by atoms with E-state index in [2.05, 4.69) is 4.72 Å². The Bertz CT molecular complexity index is 794. The van der Waals surface area contributed by atoms with Crippen LogP contribution in [-0.2, 0) is 16.4 Å². The number of nitrogens with one attached hydrogen (secondary N) is 1. The summed E-state index contributed by atoms with van der Waals surface area (Å²) < 4.78 is 32.5. The molecule has 2 aromatic rings. The van der Waals surface area contributed by atoms with Gasteiger partial charge in [-0.05, 0) is 48.7 Å². The minimum absolute atomic E-state index is 0. The van der Waals surface area contributed by atoms with E-state index in [4.69, 9.17) is 22.1 Å². The number of aryl methyl sites for hydroxylation is 1. The van der Waals surface area contributed by atoms with E-state index >= 15 is 0 Å². The smallest absolute Gasteiger partial charge is 0.240 e. The van der Waals surface area contributed by atoms with Gasteiger partial charge in [0, 0.05) is 12.2 Å². The van der Waals surface area contributed by atoms with Crippen molar-refractivity contribution >= 4 is 39.7 Å². The molecule has 0 atom stereocenters. The van der Waals surface area contributed by atoms with Crippen molar-refractivity contribution < 1.29 is 13.2 Å². The predicted molar refractivity (Wildman–Crippen MR) is 99.7 cm³/mol. The molecule has 0 aromatic heterocycles. The number of benzene rings is 2. The van der Waals surface area contributed by atoms with E-state index in [-0.39, 0.29) is 28.9 Å². The SMILES string of the molecule is COc1cc(C)c(S(=O)(=O)NCCc2ccc(N)cc2)cc1Cl.Cl. The number of ether oxygens (including phenoxy) is 1. The molecule has 2 aromatic carbocycles. The van der Waals surface area contributed by atoms with Gasteiger partial charge in [-0.2, -0.15) is 0 Å². The van der Waals surface area contributed by atoms with Gasteiger partial charge in [0.25, 0.3) is 0 Å². The molecule has 0 aliphatic heterocycles. The number of methoxy groups -OCH3 is 1. The number of halogens is 2. The van der Waals surface area contributed by atoms with E-state index < -0.39 is 10.0 Å². The maximum atomic E-state index is 12.4.